The van der Waals surface area contributed by atoms with Gasteiger partial charge in [-0.15, -0.1) is 0 Å². The van der Waals surface area contributed by atoms with Crippen LogP contribution in [0.1, 0.15) is 16.7 Å². The number of para-hydroxylation sites is 1. The monoisotopic (exact) mass is 282 g/mol. The molecule has 1 heterocycles. The molecule has 3 aromatic rings. The lowest BCUT2D eigenvalue weighted by atomic mass is 10.1. The van der Waals surface area contributed by atoms with Crippen molar-refractivity contribution in [1.82, 2.24) is 10.3 Å². The minimum absolute atomic E-state index is 0.164. The van der Waals surface area contributed by atoms with Crippen LogP contribution in [-0.4, -0.2) is 11.5 Å². The molecule has 0 aliphatic rings. The molecule has 3 heteroatoms. The van der Waals surface area contributed by atoms with Crippen LogP contribution < -0.4 is 5.32 Å². The van der Waals surface area contributed by atoms with Crippen molar-refractivity contribution >= 4 is 10.9 Å². The van der Waals surface area contributed by atoms with Crippen molar-refractivity contribution in [1.29, 1.82) is 0 Å². The standard InChI is InChI=1S/C18H19FN2/c1-13-10-16(19)7-6-14(13)8-9-20-11-15-12-21-18-5-3-2-4-17(15)18/h2-7,10,12,20-21H,8-9,11H2,1H3. The van der Waals surface area contributed by atoms with Gasteiger partial charge < -0.3 is 10.3 Å². The maximum atomic E-state index is 13.1. The van der Waals surface area contributed by atoms with Gasteiger partial charge in [0.1, 0.15) is 5.82 Å². The van der Waals surface area contributed by atoms with Gasteiger partial charge in [-0.3, -0.25) is 0 Å². The molecule has 0 saturated carbocycles. The summed E-state index contributed by atoms with van der Waals surface area (Å²) in [6.45, 7) is 3.67. The van der Waals surface area contributed by atoms with Gasteiger partial charge in [0, 0.05) is 23.6 Å². The topological polar surface area (TPSA) is 27.8 Å². The highest BCUT2D eigenvalue weighted by molar-refractivity contribution is 5.82. The Hall–Kier alpha value is -2.13. The number of nitrogens with one attached hydrogen (secondary N) is 2. The normalized spacial score (nSPS) is 11.1. The van der Waals surface area contributed by atoms with Crippen molar-refractivity contribution in [3.63, 3.8) is 0 Å². The molecule has 108 valence electrons. The molecule has 3 rings (SSSR count). The van der Waals surface area contributed by atoms with Crippen molar-refractivity contribution in [3.8, 4) is 0 Å². The van der Waals surface area contributed by atoms with Gasteiger partial charge in [0.05, 0.1) is 0 Å². The molecule has 0 amide bonds. The van der Waals surface area contributed by atoms with E-state index in [-0.39, 0.29) is 5.82 Å². The molecule has 0 spiro atoms. The third kappa shape index (κ3) is 3.14. The fourth-order valence-corrected chi connectivity index (χ4v) is 2.66. The first-order valence-electron chi connectivity index (χ1n) is 7.25. The van der Waals surface area contributed by atoms with Crippen molar-refractivity contribution in [2.24, 2.45) is 0 Å². The van der Waals surface area contributed by atoms with Gasteiger partial charge in [0.25, 0.3) is 0 Å². The second-order valence-electron chi connectivity index (χ2n) is 5.36. The van der Waals surface area contributed by atoms with E-state index >= 15 is 0 Å². The maximum Gasteiger partial charge on any atom is 0.123 e. The number of hydrogen-bond donors (Lipinski definition) is 2. The smallest absolute Gasteiger partial charge is 0.123 e. The Morgan fingerprint density at radius 3 is 2.81 bits per heavy atom. The fraction of sp³-hybridized carbons (Fsp3) is 0.222. The first-order valence-corrected chi connectivity index (χ1v) is 7.25. The van der Waals surface area contributed by atoms with E-state index in [2.05, 4.69) is 34.7 Å². The molecule has 0 radical (unpaired) electrons. The molecule has 21 heavy (non-hydrogen) atoms. The SMILES string of the molecule is Cc1cc(F)ccc1CCNCc1c[nH]c2ccccc12. The van der Waals surface area contributed by atoms with E-state index < -0.39 is 0 Å². The zero-order valence-corrected chi connectivity index (χ0v) is 12.1. The number of aromatic nitrogens is 1. The Morgan fingerprint density at radius 1 is 1.10 bits per heavy atom. The summed E-state index contributed by atoms with van der Waals surface area (Å²) < 4.78 is 13.1. The minimum atomic E-state index is -0.164. The first kappa shape index (κ1) is 13.8. The Kier molecular flexibility index (Phi) is 4.02. The number of aromatic amines is 1. The minimum Gasteiger partial charge on any atom is -0.361 e. The van der Waals surface area contributed by atoms with E-state index in [1.54, 1.807) is 6.07 Å². The van der Waals surface area contributed by atoms with E-state index in [0.717, 1.165) is 25.1 Å². The van der Waals surface area contributed by atoms with Crippen LogP contribution in [0.25, 0.3) is 10.9 Å². The van der Waals surface area contributed by atoms with Gasteiger partial charge in [-0.2, -0.15) is 0 Å². The third-order valence-corrected chi connectivity index (χ3v) is 3.87. The van der Waals surface area contributed by atoms with E-state index in [0.29, 0.717) is 0 Å². The molecule has 0 aliphatic carbocycles. The van der Waals surface area contributed by atoms with Crippen molar-refractivity contribution < 1.29 is 4.39 Å². The van der Waals surface area contributed by atoms with Crippen LogP contribution in [-0.2, 0) is 13.0 Å². The van der Waals surface area contributed by atoms with Crippen LogP contribution in [0.15, 0.2) is 48.7 Å². The van der Waals surface area contributed by atoms with Gasteiger partial charge >= 0.3 is 0 Å². The third-order valence-electron chi connectivity index (χ3n) is 3.87. The van der Waals surface area contributed by atoms with Gasteiger partial charge in [-0.1, -0.05) is 24.3 Å². The average Bonchev–Trinajstić information content (AvgIpc) is 2.89. The highest BCUT2D eigenvalue weighted by Gasteiger charge is 2.03. The number of halogens is 1. The predicted molar refractivity (Wildman–Crippen MR) is 84.8 cm³/mol. The highest BCUT2D eigenvalue weighted by Crippen LogP contribution is 2.17. The summed E-state index contributed by atoms with van der Waals surface area (Å²) in [4.78, 5) is 3.28. The summed E-state index contributed by atoms with van der Waals surface area (Å²) in [5, 5.41) is 4.72. The predicted octanol–water partition coefficient (Wildman–Crippen LogP) is 3.95. The molecule has 0 atom stereocenters. The molecular formula is C18H19FN2. The fourth-order valence-electron chi connectivity index (χ4n) is 2.66. The number of hydrogen-bond acceptors (Lipinski definition) is 1. The average molecular weight is 282 g/mol. The van der Waals surface area contributed by atoms with Crippen LogP contribution in [0, 0.1) is 12.7 Å². The van der Waals surface area contributed by atoms with E-state index in [9.17, 15) is 4.39 Å². The second-order valence-corrected chi connectivity index (χ2v) is 5.36. The zero-order chi connectivity index (χ0) is 14.7. The molecule has 0 fully saturated rings. The lowest BCUT2D eigenvalue weighted by Crippen LogP contribution is -2.16. The second kappa shape index (κ2) is 6.10. The summed E-state index contributed by atoms with van der Waals surface area (Å²) >= 11 is 0. The van der Waals surface area contributed by atoms with Crippen LogP contribution in [0.4, 0.5) is 4.39 Å². The Balaban J connectivity index is 1.57. The van der Waals surface area contributed by atoms with Crippen molar-refractivity contribution in [2.75, 3.05) is 6.54 Å². The molecule has 2 aromatic carbocycles. The number of rotatable bonds is 5. The van der Waals surface area contributed by atoms with Crippen LogP contribution >= 0.6 is 0 Å². The summed E-state index contributed by atoms with van der Waals surface area (Å²) in [5.74, 6) is -0.164. The Bertz CT molecular complexity index is 746. The van der Waals surface area contributed by atoms with Gasteiger partial charge in [-0.05, 0) is 54.8 Å². The molecule has 0 saturated heterocycles. The van der Waals surface area contributed by atoms with Gasteiger partial charge in [0.2, 0.25) is 0 Å². The molecule has 2 N–H and O–H groups in total. The maximum absolute atomic E-state index is 13.1. The zero-order valence-electron chi connectivity index (χ0n) is 12.1. The van der Waals surface area contributed by atoms with Crippen molar-refractivity contribution in [2.45, 2.75) is 19.9 Å². The van der Waals surface area contributed by atoms with E-state index in [1.165, 1.54) is 28.1 Å². The number of H-pyrrole nitrogens is 1. The van der Waals surface area contributed by atoms with Crippen LogP contribution in [0.2, 0.25) is 0 Å². The van der Waals surface area contributed by atoms with Gasteiger partial charge in [0.15, 0.2) is 0 Å². The quantitative estimate of drug-likeness (QED) is 0.681. The van der Waals surface area contributed by atoms with Gasteiger partial charge in [-0.25, -0.2) is 4.39 Å². The molecule has 1 aromatic heterocycles. The Labute approximate surface area is 124 Å². The van der Waals surface area contributed by atoms with Crippen LogP contribution in [0.5, 0.6) is 0 Å². The number of aryl methyl sites for hydroxylation is 1. The lowest BCUT2D eigenvalue weighted by Gasteiger charge is -2.07. The molecular weight excluding hydrogens is 263 g/mol. The lowest BCUT2D eigenvalue weighted by molar-refractivity contribution is 0.624. The first-order chi connectivity index (χ1) is 10.2. The number of fused-ring (bicyclic) bond motifs is 1. The summed E-state index contributed by atoms with van der Waals surface area (Å²) in [7, 11) is 0. The Morgan fingerprint density at radius 2 is 1.95 bits per heavy atom. The highest BCUT2D eigenvalue weighted by atomic mass is 19.1. The summed E-state index contributed by atoms with van der Waals surface area (Å²) in [5.41, 5.74) is 4.66. The molecule has 0 bridgehead atoms. The largest absolute Gasteiger partial charge is 0.361 e. The molecule has 2 nitrogen and oxygen atoms in total. The van der Waals surface area contributed by atoms with E-state index in [4.69, 9.17) is 0 Å². The summed E-state index contributed by atoms with van der Waals surface area (Å²) in [6.07, 6.45) is 2.97. The van der Waals surface area contributed by atoms with Crippen LogP contribution in [0.3, 0.4) is 0 Å². The summed E-state index contributed by atoms with van der Waals surface area (Å²) in [6, 6.07) is 13.3. The number of benzene rings is 2. The van der Waals surface area contributed by atoms with E-state index in [1.807, 2.05) is 19.1 Å². The molecule has 0 unspecified atom stereocenters. The molecule has 0 aliphatic heterocycles. The van der Waals surface area contributed by atoms with Crippen molar-refractivity contribution in [3.05, 3.63) is 71.2 Å².